The molecule has 6 aliphatic rings. The van der Waals surface area contributed by atoms with E-state index in [4.69, 9.17) is 14.2 Å². The van der Waals surface area contributed by atoms with Crippen LogP contribution in [0.3, 0.4) is 0 Å². The largest absolute Gasteiger partial charge is 0.489 e. The van der Waals surface area contributed by atoms with Gasteiger partial charge in [0.1, 0.15) is 23.6 Å². The molecule has 3 heterocycles. The van der Waals surface area contributed by atoms with Crippen LogP contribution in [0.1, 0.15) is 85.8 Å². The second-order valence-corrected chi connectivity index (χ2v) is 15.3. The number of fused-ring (bicyclic) bond motifs is 4. The van der Waals surface area contributed by atoms with Gasteiger partial charge in [0.25, 0.3) is 0 Å². The van der Waals surface area contributed by atoms with E-state index in [-0.39, 0.29) is 53.9 Å². The first-order chi connectivity index (χ1) is 20.9. The zero-order valence-electron chi connectivity index (χ0n) is 26.8. The number of ketones is 1. The molecule has 4 fully saturated rings. The normalized spacial score (nSPS) is 43.4. The van der Waals surface area contributed by atoms with Crippen LogP contribution in [0.2, 0.25) is 0 Å². The highest BCUT2D eigenvalue weighted by molar-refractivity contribution is 6.24. The van der Waals surface area contributed by atoms with Crippen molar-refractivity contribution in [3.8, 4) is 5.75 Å². The van der Waals surface area contributed by atoms with Crippen molar-refractivity contribution in [1.29, 1.82) is 0 Å². The molecular weight excluding hydrogens is 558 g/mol. The van der Waals surface area contributed by atoms with E-state index >= 15 is 0 Å². The summed E-state index contributed by atoms with van der Waals surface area (Å²) in [6.07, 6.45) is 7.74. The Bertz CT molecular complexity index is 1430. The number of aromatic nitrogens is 1. The van der Waals surface area contributed by atoms with Gasteiger partial charge in [0, 0.05) is 12.0 Å². The number of allylic oxidation sites excluding steroid dienone is 1. The number of hydrogen-bond acceptors (Lipinski definition) is 8. The fraction of sp³-hybridized carbons (Fsp3) is 0.694. The van der Waals surface area contributed by atoms with E-state index in [1.54, 1.807) is 12.3 Å². The molecule has 2 N–H and O–H groups in total. The molecule has 238 valence electrons. The summed E-state index contributed by atoms with van der Waals surface area (Å²) in [6, 6.07) is 3.66. The molecule has 7 rings (SSSR count). The van der Waals surface area contributed by atoms with Crippen molar-refractivity contribution >= 4 is 17.3 Å². The number of esters is 1. The van der Waals surface area contributed by atoms with Crippen molar-refractivity contribution in [2.24, 2.45) is 40.4 Å². The Balaban J connectivity index is 1.16. The minimum absolute atomic E-state index is 0.0230. The van der Waals surface area contributed by atoms with Crippen molar-refractivity contribution in [1.82, 2.24) is 4.98 Å². The van der Waals surface area contributed by atoms with Gasteiger partial charge in [0.15, 0.2) is 5.78 Å². The molecule has 11 atom stereocenters. The van der Waals surface area contributed by atoms with Gasteiger partial charge >= 0.3 is 5.97 Å². The number of cyclic esters (lactones) is 1. The van der Waals surface area contributed by atoms with Crippen molar-refractivity contribution in [3.05, 3.63) is 41.2 Å². The van der Waals surface area contributed by atoms with Gasteiger partial charge in [-0.3, -0.25) is 9.78 Å². The molecule has 8 heteroatoms. The number of carbonyl (C=O) groups excluding carboxylic acids is 2. The first kappa shape index (κ1) is 30.1. The summed E-state index contributed by atoms with van der Waals surface area (Å²) in [6.45, 7) is 12.3. The van der Waals surface area contributed by atoms with Gasteiger partial charge in [0.2, 0.25) is 0 Å². The minimum Gasteiger partial charge on any atom is -0.489 e. The number of pyridine rings is 1. The quantitative estimate of drug-likeness (QED) is 0.341. The summed E-state index contributed by atoms with van der Waals surface area (Å²) >= 11 is 0. The fourth-order valence-electron chi connectivity index (χ4n) is 10.9. The second-order valence-electron chi connectivity index (χ2n) is 15.3. The fourth-order valence-corrected chi connectivity index (χ4v) is 10.9. The van der Waals surface area contributed by atoms with E-state index in [9.17, 15) is 19.8 Å². The highest BCUT2D eigenvalue weighted by atomic mass is 16.6. The Morgan fingerprint density at radius 2 is 1.89 bits per heavy atom. The molecule has 1 aromatic heterocycles. The lowest BCUT2D eigenvalue weighted by Gasteiger charge is -2.58. The number of aliphatic hydroxyl groups excluding tert-OH is 2. The molecule has 1 saturated heterocycles. The average molecular weight is 606 g/mol. The zero-order valence-corrected chi connectivity index (χ0v) is 26.8. The Hall–Kier alpha value is -2.55. The number of epoxide rings is 1. The summed E-state index contributed by atoms with van der Waals surface area (Å²) in [5.41, 5.74) is 0.733. The predicted octanol–water partition coefficient (Wildman–Crippen LogP) is 5.06. The average Bonchev–Trinajstić information content (AvgIpc) is 3.62. The minimum atomic E-state index is -0.870. The molecule has 4 aliphatic carbocycles. The third-order valence-corrected chi connectivity index (χ3v) is 13.1. The van der Waals surface area contributed by atoms with E-state index in [0.29, 0.717) is 46.8 Å². The van der Waals surface area contributed by atoms with E-state index in [1.165, 1.54) is 0 Å². The molecule has 1 unspecified atom stereocenters. The lowest BCUT2D eigenvalue weighted by molar-refractivity contribution is -0.155. The van der Waals surface area contributed by atoms with Crippen molar-refractivity contribution in [2.45, 2.75) is 110 Å². The van der Waals surface area contributed by atoms with Crippen molar-refractivity contribution < 1.29 is 34.0 Å². The number of carbonyl (C=O) groups is 2. The zero-order chi connectivity index (χ0) is 31.3. The van der Waals surface area contributed by atoms with E-state index in [1.807, 2.05) is 32.9 Å². The van der Waals surface area contributed by atoms with Gasteiger partial charge < -0.3 is 24.4 Å². The van der Waals surface area contributed by atoms with Crippen LogP contribution < -0.4 is 4.74 Å². The number of Topliss-reactive ketones (excluding diaryl/α,β-unsaturated/α-hetero) is 1. The molecule has 1 spiro atoms. The van der Waals surface area contributed by atoms with Crippen LogP contribution in [-0.2, 0) is 19.1 Å². The van der Waals surface area contributed by atoms with Crippen LogP contribution in [0.15, 0.2) is 35.6 Å². The first-order valence-electron chi connectivity index (χ1n) is 16.6. The Morgan fingerprint density at radius 1 is 1.11 bits per heavy atom. The summed E-state index contributed by atoms with van der Waals surface area (Å²) in [4.78, 5) is 31.9. The van der Waals surface area contributed by atoms with Gasteiger partial charge in [-0.15, -0.1) is 0 Å². The maximum Gasteiger partial charge on any atom is 0.336 e. The molecule has 8 nitrogen and oxygen atoms in total. The van der Waals surface area contributed by atoms with Gasteiger partial charge in [-0.1, -0.05) is 19.4 Å². The molecule has 0 bridgehead atoms. The molecule has 0 amide bonds. The topological polar surface area (TPSA) is 118 Å². The van der Waals surface area contributed by atoms with Crippen LogP contribution in [0, 0.1) is 40.4 Å². The number of hydrogen-bond donors (Lipinski definition) is 2. The van der Waals surface area contributed by atoms with E-state index in [0.717, 1.165) is 37.7 Å². The summed E-state index contributed by atoms with van der Waals surface area (Å²) in [7, 11) is 0. The molecule has 1 aromatic rings. The number of aliphatic hydroxyl groups is 2. The Kier molecular flexibility index (Phi) is 7.00. The highest BCUT2D eigenvalue weighted by Crippen LogP contribution is 2.73. The number of ether oxygens (including phenoxy) is 3. The lowest BCUT2D eigenvalue weighted by atomic mass is 9.43. The SMILES string of the molecule is CC1=C(CO)C(=O)OC([C@@H](C)[C@H]2CC[C@H]3[C@@H]4C[C@H]5O[C@]56[C@@H](O)C=C(c5ccc(OC(C)C)cn5)C(=O)[C@]6(C)[C@H]4CC[C@]23C)C1. The van der Waals surface area contributed by atoms with Crippen LogP contribution in [0.5, 0.6) is 5.75 Å². The molecule has 44 heavy (non-hydrogen) atoms. The van der Waals surface area contributed by atoms with Crippen LogP contribution in [0.4, 0.5) is 0 Å². The Labute approximate surface area is 260 Å². The molecule has 0 radical (unpaired) electrons. The molecule has 3 saturated carbocycles. The van der Waals surface area contributed by atoms with Crippen LogP contribution in [0.25, 0.3) is 5.57 Å². The third kappa shape index (κ3) is 4.02. The van der Waals surface area contributed by atoms with Crippen molar-refractivity contribution in [2.75, 3.05) is 6.61 Å². The van der Waals surface area contributed by atoms with Gasteiger partial charge in [0.05, 0.1) is 41.7 Å². The third-order valence-electron chi connectivity index (χ3n) is 13.1. The maximum atomic E-state index is 14.6. The van der Waals surface area contributed by atoms with Crippen LogP contribution >= 0.6 is 0 Å². The smallest absolute Gasteiger partial charge is 0.336 e. The number of nitrogens with zero attached hydrogens (tertiary/aromatic N) is 1. The van der Waals surface area contributed by atoms with E-state index in [2.05, 4.69) is 25.8 Å². The predicted molar refractivity (Wildman–Crippen MR) is 163 cm³/mol. The number of rotatable bonds is 6. The summed E-state index contributed by atoms with van der Waals surface area (Å²) < 4.78 is 18.1. The Morgan fingerprint density at radius 3 is 2.55 bits per heavy atom. The molecule has 2 aliphatic heterocycles. The van der Waals surface area contributed by atoms with Gasteiger partial charge in [-0.25, -0.2) is 4.79 Å². The van der Waals surface area contributed by atoms with Crippen molar-refractivity contribution in [3.63, 3.8) is 0 Å². The molecular formula is C36H47NO7. The van der Waals surface area contributed by atoms with E-state index < -0.39 is 17.1 Å². The standard InChI is InChI=1S/C36H47NO7/c1-18(2)42-21-7-10-28(37-16-21)23-14-30(39)36-31(44-36)15-22-26-9-8-25(20(4)29-13-19(3)24(17-38)33(41)43-29)34(26,5)12-11-27(22)35(36,6)32(23)40/h7,10,14,16,18,20,22,25-27,29-31,38-39H,8-9,11-13,15,17H2,1-6H3/t20-,22-,25+,26-,27-,29?,30-,31+,34+,35-,36+/m0/s1. The van der Waals surface area contributed by atoms with Gasteiger partial charge in [-0.2, -0.15) is 0 Å². The van der Waals surface area contributed by atoms with Gasteiger partial charge in [-0.05, 0) is 113 Å². The van der Waals surface area contributed by atoms with Crippen LogP contribution in [-0.4, -0.2) is 63.6 Å². The highest BCUT2D eigenvalue weighted by Gasteiger charge is 2.81. The first-order valence-corrected chi connectivity index (χ1v) is 16.6. The summed E-state index contributed by atoms with van der Waals surface area (Å²) in [5, 5.41) is 21.2. The molecule has 0 aromatic carbocycles. The second kappa shape index (κ2) is 10.2. The lowest BCUT2D eigenvalue weighted by Crippen LogP contribution is -2.64. The summed E-state index contributed by atoms with van der Waals surface area (Å²) in [5.74, 6) is 1.75. The monoisotopic (exact) mass is 605 g/mol. The maximum absolute atomic E-state index is 14.6.